The number of nitrogens with zero attached hydrogens (tertiary/aromatic N) is 6. The Balaban J connectivity index is 1.80. The quantitative estimate of drug-likeness (QED) is 0.317. The van der Waals surface area contributed by atoms with Gasteiger partial charge in [-0.15, -0.1) is 10.2 Å². The molecule has 38 heavy (non-hydrogen) atoms. The third-order valence-corrected chi connectivity index (χ3v) is 5.84. The van der Waals surface area contributed by atoms with Gasteiger partial charge in [0.2, 0.25) is 0 Å². The number of para-hydroxylation sites is 2. The Morgan fingerprint density at radius 2 is 1.82 bits per heavy atom. The van der Waals surface area contributed by atoms with Crippen molar-refractivity contribution in [3.8, 4) is 22.8 Å². The van der Waals surface area contributed by atoms with E-state index in [1.807, 2.05) is 0 Å². The summed E-state index contributed by atoms with van der Waals surface area (Å²) < 4.78 is 47.6. The molecule has 1 N–H and O–H groups in total. The molecule has 4 rings (SSSR count). The van der Waals surface area contributed by atoms with Crippen LogP contribution in [0.3, 0.4) is 0 Å². The number of ether oxygens (including phenoxy) is 1. The maximum absolute atomic E-state index is 13.2. The maximum atomic E-state index is 13.2. The number of Topliss-reactive ketones (excluding diaryl/α,β-unsaturated/α-hetero) is 1. The van der Waals surface area contributed by atoms with E-state index in [0.29, 0.717) is 22.0 Å². The Morgan fingerprint density at radius 1 is 1.13 bits per heavy atom. The van der Waals surface area contributed by atoms with Gasteiger partial charge in [0, 0.05) is 17.0 Å². The van der Waals surface area contributed by atoms with Crippen LogP contribution in [0.4, 0.5) is 13.2 Å². The highest BCUT2D eigenvalue weighted by atomic mass is 35.5. The van der Waals surface area contributed by atoms with Crippen LogP contribution in [0.15, 0.2) is 53.3 Å². The van der Waals surface area contributed by atoms with Crippen LogP contribution in [0, 0.1) is 0 Å². The van der Waals surface area contributed by atoms with E-state index in [0.717, 1.165) is 9.25 Å². The van der Waals surface area contributed by atoms with Crippen molar-refractivity contribution in [3.05, 3.63) is 75.7 Å². The van der Waals surface area contributed by atoms with E-state index < -0.39 is 24.5 Å². The maximum Gasteiger partial charge on any atom is 0.416 e. The third kappa shape index (κ3) is 5.48. The van der Waals surface area contributed by atoms with Crippen LogP contribution >= 0.6 is 11.6 Å². The summed E-state index contributed by atoms with van der Waals surface area (Å²) in [6.45, 7) is 0.212. The zero-order valence-corrected chi connectivity index (χ0v) is 20.9. The van der Waals surface area contributed by atoms with Crippen LogP contribution in [0.2, 0.25) is 5.02 Å². The molecule has 0 bridgehead atoms. The summed E-state index contributed by atoms with van der Waals surface area (Å²) in [6.07, 6.45) is -7.64. The summed E-state index contributed by atoms with van der Waals surface area (Å²) in [5.41, 5.74) is -0.206. The molecule has 0 unspecified atom stereocenters. The minimum Gasteiger partial charge on any atom is -0.494 e. The number of aliphatic hydroxyl groups is 1. The molecule has 0 aliphatic carbocycles. The number of halogens is 4. The van der Waals surface area contributed by atoms with Crippen molar-refractivity contribution in [2.45, 2.75) is 38.7 Å². The molecular weight excluding hydrogens is 529 g/mol. The Labute approximate surface area is 218 Å². The Hall–Kier alpha value is -3.97. The minimum absolute atomic E-state index is 0.00935. The molecule has 4 aromatic rings. The average molecular weight is 551 g/mol. The van der Waals surface area contributed by atoms with E-state index in [2.05, 4.69) is 15.2 Å². The lowest BCUT2D eigenvalue weighted by atomic mass is 10.2. The Morgan fingerprint density at radius 3 is 2.45 bits per heavy atom. The number of carbonyl (C=O) groups is 1. The summed E-state index contributed by atoms with van der Waals surface area (Å²) in [4.78, 5) is 30.1. The van der Waals surface area contributed by atoms with Crippen LogP contribution in [0.1, 0.15) is 29.8 Å². The van der Waals surface area contributed by atoms with Gasteiger partial charge in [0.15, 0.2) is 29.4 Å². The minimum atomic E-state index is -4.96. The van der Waals surface area contributed by atoms with Gasteiger partial charge in [-0.05, 0) is 36.4 Å². The fraction of sp³-hybridized carbons (Fsp3) is 0.292. The van der Waals surface area contributed by atoms with Gasteiger partial charge >= 0.3 is 11.9 Å². The monoisotopic (exact) mass is 550 g/mol. The normalized spacial score (nSPS) is 12.5. The molecule has 0 aliphatic rings. The van der Waals surface area contributed by atoms with Crippen molar-refractivity contribution in [1.29, 1.82) is 0 Å². The molecule has 0 fully saturated rings. The van der Waals surface area contributed by atoms with Crippen LogP contribution in [-0.2, 0) is 13.1 Å². The molecule has 0 saturated heterocycles. The zero-order chi connectivity index (χ0) is 27.6. The number of hydrogen-bond donors (Lipinski definition) is 1. The number of aliphatic hydroxyl groups excluding tert-OH is 1. The van der Waals surface area contributed by atoms with Crippen molar-refractivity contribution in [2.24, 2.45) is 0 Å². The van der Waals surface area contributed by atoms with Gasteiger partial charge < -0.3 is 9.84 Å². The first-order chi connectivity index (χ1) is 18.0. The SMILES string of the molecule is CCC(=O)c1nc(Cn2nc(-c3ccc(Cl)cc3)n(C[C@H](O)C(F)(F)F)c2=O)nn1-c1ccccc1OC. The third-order valence-electron chi connectivity index (χ3n) is 5.58. The number of aromatic nitrogens is 6. The van der Waals surface area contributed by atoms with Crippen LogP contribution in [0.5, 0.6) is 5.75 Å². The van der Waals surface area contributed by atoms with Gasteiger partial charge in [-0.2, -0.15) is 13.2 Å². The largest absolute Gasteiger partial charge is 0.494 e. The van der Waals surface area contributed by atoms with Crippen molar-refractivity contribution in [1.82, 2.24) is 29.1 Å². The molecule has 0 amide bonds. The second-order valence-corrected chi connectivity index (χ2v) is 8.59. The van der Waals surface area contributed by atoms with Crippen LogP contribution in [0.25, 0.3) is 17.1 Å². The van der Waals surface area contributed by atoms with E-state index in [1.54, 1.807) is 31.2 Å². The number of benzene rings is 2. The first kappa shape index (κ1) is 27.1. The standard InChI is InChI=1S/C24H22ClF3N6O4/c1-3-17(35)22-29-20(30-34(22)16-6-4-5-7-18(16)38-2)13-33-23(37)32(12-19(36)24(26,27)28)21(31-33)14-8-10-15(25)11-9-14/h4-11,19,36H,3,12-13H2,1-2H3/t19-/m0/s1. The fourth-order valence-corrected chi connectivity index (χ4v) is 3.79. The van der Waals surface area contributed by atoms with Gasteiger partial charge in [0.1, 0.15) is 18.0 Å². The summed E-state index contributed by atoms with van der Waals surface area (Å²) in [5, 5.41) is 18.6. The van der Waals surface area contributed by atoms with Crippen LogP contribution in [-0.4, -0.2) is 59.4 Å². The van der Waals surface area contributed by atoms with Gasteiger partial charge in [-0.1, -0.05) is 30.7 Å². The topological polar surface area (TPSA) is 117 Å². The van der Waals surface area contributed by atoms with Crippen molar-refractivity contribution < 1.29 is 27.8 Å². The highest BCUT2D eigenvalue weighted by Crippen LogP contribution is 2.25. The molecule has 0 aliphatic heterocycles. The van der Waals surface area contributed by atoms with Gasteiger partial charge in [-0.25, -0.2) is 19.1 Å². The number of carbonyl (C=O) groups excluding carboxylic acids is 1. The Bertz CT molecular complexity index is 1510. The second kappa shape index (κ2) is 10.8. The summed E-state index contributed by atoms with van der Waals surface area (Å²) >= 11 is 5.92. The van der Waals surface area contributed by atoms with E-state index in [-0.39, 0.29) is 36.2 Å². The van der Waals surface area contributed by atoms with Crippen LogP contribution < -0.4 is 10.4 Å². The van der Waals surface area contributed by atoms with Crippen molar-refractivity contribution in [2.75, 3.05) is 7.11 Å². The summed E-state index contributed by atoms with van der Waals surface area (Å²) in [7, 11) is 1.46. The fourth-order valence-electron chi connectivity index (χ4n) is 3.66. The molecule has 1 atom stereocenters. The number of rotatable bonds is 9. The predicted octanol–water partition coefficient (Wildman–Crippen LogP) is 3.52. The lowest BCUT2D eigenvalue weighted by Crippen LogP contribution is -2.37. The molecule has 2 heterocycles. The number of methoxy groups -OCH3 is 1. The van der Waals surface area contributed by atoms with E-state index in [1.165, 1.54) is 36.1 Å². The average Bonchev–Trinajstić information content (AvgIpc) is 3.45. The predicted molar refractivity (Wildman–Crippen MR) is 131 cm³/mol. The second-order valence-electron chi connectivity index (χ2n) is 8.15. The number of ketones is 1. The first-order valence-electron chi connectivity index (χ1n) is 11.3. The van der Waals surface area contributed by atoms with Gasteiger partial charge in [0.25, 0.3) is 0 Å². The zero-order valence-electron chi connectivity index (χ0n) is 20.2. The molecule has 2 aromatic carbocycles. The lowest BCUT2D eigenvalue weighted by Gasteiger charge is -2.15. The van der Waals surface area contributed by atoms with E-state index in [9.17, 15) is 27.9 Å². The first-order valence-corrected chi connectivity index (χ1v) is 11.7. The van der Waals surface area contributed by atoms with Gasteiger partial charge in [-0.3, -0.25) is 9.36 Å². The highest BCUT2D eigenvalue weighted by molar-refractivity contribution is 6.30. The Kier molecular flexibility index (Phi) is 7.69. The molecule has 0 spiro atoms. The molecular formula is C24H22ClF3N6O4. The van der Waals surface area contributed by atoms with Crippen molar-refractivity contribution in [3.63, 3.8) is 0 Å². The smallest absolute Gasteiger partial charge is 0.416 e. The molecule has 10 nitrogen and oxygen atoms in total. The van der Waals surface area contributed by atoms with Gasteiger partial charge in [0.05, 0.1) is 13.7 Å². The molecule has 0 saturated carbocycles. The molecule has 200 valence electrons. The van der Waals surface area contributed by atoms with E-state index >= 15 is 0 Å². The highest BCUT2D eigenvalue weighted by Gasteiger charge is 2.39. The van der Waals surface area contributed by atoms with Crippen molar-refractivity contribution >= 4 is 17.4 Å². The lowest BCUT2D eigenvalue weighted by molar-refractivity contribution is -0.207. The molecule has 14 heteroatoms. The molecule has 0 radical (unpaired) electrons. The van der Waals surface area contributed by atoms with E-state index in [4.69, 9.17) is 16.3 Å². The summed E-state index contributed by atoms with van der Waals surface area (Å²) in [6, 6.07) is 12.7. The number of alkyl halides is 3. The summed E-state index contributed by atoms with van der Waals surface area (Å²) in [5.74, 6) is -0.0308. The number of hydrogen-bond acceptors (Lipinski definition) is 7. The molecule has 2 aromatic heterocycles.